The largest absolute Gasteiger partial charge is 0.395 e. The molecule has 4 nitrogen and oxygen atoms in total. The SMILES string of the molecule is CCC(CN)c1nc2ccccc2n1CCO. The molecule has 0 fully saturated rings. The summed E-state index contributed by atoms with van der Waals surface area (Å²) in [4.78, 5) is 4.65. The van der Waals surface area contributed by atoms with E-state index in [9.17, 15) is 0 Å². The van der Waals surface area contributed by atoms with Gasteiger partial charge in [0.15, 0.2) is 0 Å². The van der Waals surface area contributed by atoms with Crippen LogP contribution in [0.4, 0.5) is 0 Å². The molecule has 0 aliphatic rings. The monoisotopic (exact) mass is 233 g/mol. The molecule has 1 aromatic carbocycles. The summed E-state index contributed by atoms with van der Waals surface area (Å²) in [5, 5.41) is 9.17. The Hall–Kier alpha value is -1.39. The maximum atomic E-state index is 9.17. The summed E-state index contributed by atoms with van der Waals surface area (Å²) in [6.45, 7) is 3.39. The molecule has 17 heavy (non-hydrogen) atoms. The lowest BCUT2D eigenvalue weighted by Gasteiger charge is -2.14. The van der Waals surface area contributed by atoms with E-state index >= 15 is 0 Å². The zero-order valence-corrected chi connectivity index (χ0v) is 10.1. The molecule has 2 aromatic rings. The maximum Gasteiger partial charge on any atom is 0.114 e. The normalized spacial score (nSPS) is 13.1. The van der Waals surface area contributed by atoms with E-state index in [0.29, 0.717) is 13.1 Å². The van der Waals surface area contributed by atoms with Crippen molar-refractivity contribution in [2.75, 3.05) is 13.2 Å². The van der Waals surface area contributed by atoms with Crippen molar-refractivity contribution in [1.82, 2.24) is 9.55 Å². The highest BCUT2D eigenvalue weighted by molar-refractivity contribution is 5.76. The highest BCUT2D eigenvalue weighted by Crippen LogP contribution is 2.23. The summed E-state index contributed by atoms with van der Waals surface area (Å²) in [5.41, 5.74) is 7.83. The minimum Gasteiger partial charge on any atom is -0.395 e. The van der Waals surface area contributed by atoms with Crippen molar-refractivity contribution in [2.45, 2.75) is 25.8 Å². The molecule has 1 aromatic heterocycles. The molecular weight excluding hydrogens is 214 g/mol. The van der Waals surface area contributed by atoms with Gasteiger partial charge in [0.05, 0.1) is 17.6 Å². The predicted octanol–water partition coefficient (Wildman–Crippen LogP) is 1.48. The summed E-state index contributed by atoms with van der Waals surface area (Å²) in [6.07, 6.45) is 0.964. The minimum absolute atomic E-state index is 0.119. The Morgan fingerprint density at radius 2 is 2.18 bits per heavy atom. The van der Waals surface area contributed by atoms with Gasteiger partial charge < -0.3 is 15.4 Å². The number of imidazole rings is 1. The highest BCUT2D eigenvalue weighted by atomic mass is 16.3. The maximum absolute atomic E-state index is 9.17. The van der Waals surface area contributed by atoms with Crippen molar-refractivity contribution < 1.29 is 5.11 Å². The van der Waals surface area contributed by atoms with Crippen molar-refractivity contribution in [3.8, 4) is 0 Å². The van der Waals surface area contributed by atoms with Gasteiger partial charge in [0, 0.05) is 19.0 Å². The van der Waals surface area contributed by atoms with Crippen LogP contribution in [0.3, 0.4) is 0 Å². The molecule has 0 amide bonds. The Kier molecular flexibility index (Phi) is 3.76. The summed E-state index contributed by atoms with van der Waals surface area (Å²) in [5.74, 6) is 1.25. The van der Waals surface area contributed by atoms with Gasteiger partial charge in [-0.15, -0.1) is 0 Å². The third-order valence-electron chi connectivity index (χ3n) is 3.15. The van der Waals surface area contributed by atoms with E-state index in [1.165, 1.54) is 0 Å². The van der Waals surface area contributed by atoms with Crippen LogP contribution < -0.4 is 5.73 Å². The van der Waals surface area contributed by atoms with E-state index in [1.807, 2.05) is 24.3 Å². The molecule has 4 heteroatoms. The Morgan fingerprint density at radius 1 is 1.41 bits per heavy atom. The van der Waals surface area contributed by atoms with Gasteiger partial charge >= 0.3 is 0 Å². The van der Waals surface area contributed by atoms with Gasteiger partial charge in [0.25, 0.3) is 0 Å². The lowest BCUT2D eigenvalue weighted by atomic mass is 10.1. The average molecular weight is 233 g/mol. The number of para-hydroxylation sites is 2. The van der Waals surface area contributed by atoms with E-state index in [4.69, 9.17) is 10.8 Å². The lowest BCUT2D eigenvalue weighted by molar-refractivity contribution is 0.275. The average Bonchev–Trinajstić information content (AvgIpc) is 2.71. The van der Waals surface area contributed by atoms with E-state index in [2.05, 4.69) is 16.5 Å². The van der Waals surface area contributed by atoms with Crippen LogP contribution in [-0.2, 0) is 6.54 Å². The van der Waals surface area contributed by atoms with Crippen LogP contribution in [-0.4, -0.2) is 27.8 Å². The molecule has 1 atom stereocenters. The van der Waals surface area contributed by atoms with Crippen LogP contribution in [0.1, 0.15) is 25.1 Å². The number of aliphatic hydroxyl groups is 1. The summed E-state index contributed by atoms with van der Waals surface area (Å²) in [6, 6.07) is 8.00. The fourth-order valence-corrected chi connectivity index (χ4v) is 2.20. The second-order valence-corrected chi connectivity index (χ2v) is 4.17. The first-order valence-electron chi connectivity index (χ1n) is 6.07. The topological polar surface area (TPSA) is 64.1 Å². The van der Waals surface area contributed by atoms with E-state index in [1.54, 1.807) is 0 Å². The molecular formula is C13H19N3O. The van der Waals surface area contributed by atoms with Crippen LogP contribution in [0.15, 0.2) is 24.3 Å². The number of nitrogens with zero attached hydrogens (tertiary/aromatic N) is 2. The Morgan fingerprint density at radius 3 is 2.82 bits per heavy atom. The molecule has 0 saturated carbocycles. The molecule has 3 N–H and O–H groups in total. The van der Waals surface area contributed by atoms with Crippen molar-refractivity contribution in [2.24, 2.45) is 5.73 Å². The Labute approximate surface area is 101 Å². The van der Waals surface area contributed by atoms with Gasteiger partial charge in [-0.3, -0.25) is 0 Å². The van der Waals surface area contributed by atoms with Gasteiger partial charge in [0.2, 0.25) is 0 Å². The number of nitrogens with two attached hydrogens (primary N) is 1. The molecule has 1 unspecified atom stereocenters. The number of benzene rings is 1. The molecule has 0 spiro atoms. The quantitative estimate of drug-likeness (QED) is 0.822. The van der Waals surface area contributed by atoms with Crippen LogP contribution in [0.5, 0.6) is 0 Å². The van der Waals surface area contributed by atoms with Gasteiger partial charge in [-0.2, -0.15) is 0 Å². The van der Waals surface area contributed by atoms with Gasteiger partial charge in [-0.25, -0.2) is 4.98 Å². The second-order valence-electron chi connectivity index (χ2n) is 4.17. The number of hydrogen-bond donors (Lipinski definition) is 2. The van der Waals surface area contributed by atoms with E-state index in [0.717, 1.165) is 23.3 Å². The van der Waals surface area contributed by atoms with Gasteiger partial charge in [0.1, 0.15) is 5.82 Å². The molecule has 2 rings (SSSR count). The van der Waals surface area contributed by atoms with Gasteiger partial charge in [-0.05, 0) is 18.6 Å². The molecule has 0 aliphatic heterocycles. The number of aliphatic hydroxyl groups excluding tert-OH is 1. The third-order valence-corrected chi connectivity index (χ3v) is 3.15. The molecule has 1 heterocycles. The Balaban J connectivity index is 2.56. The number of rotatable bonds is 5. The molecule has 0 bridgehead atoms. The van der Waals surface area contributed by atoms with Crippen molar-refractivity contribution in [3.63, 3.8) is 0 Å². The number of aromatic nitrogens is 2. The van der Waals surface area contributed by atoms with Crippen molar-refractivity contribution in [3.05, 3.63) is 30.1 Å². The Bertz CT molecular complexity index is 488. The number of hydrogen-bond acceptors (Lipinski definition) is 3. The summed E-state index contributed by atoms with van der Waals surface area (Å²) >= 11 is 0. The zero-order chi connectivity index (χ0) is 12.3. The summed E-state index contributed by atoms with van der Waals surface area (Å²) in [7, 11) is 0. The van der Waals surface area contributed by atoms with Crippen LogP contribution in [0.2, 0.25) is 0 Å². The standard InChI is InChI=1S/C13H19N3O/c1-2-10(9-14)13-15-11-5-3-4-6-12(11)16(13)7-8-17/h3-6,10,17H,2,7-9,14H2,1H3. The summed E-state index contributed by atoms with van der Waals surface area (Å²) < 4.78 is 2.08. The minimum atomic E-state index is 0.119. The van der Waals surface area contributed by atoms with Crippen LogP contribution in [0.25, 0.3) is 11.0 Å². The first-order chi connectivity index (χ1) is 8.31. The van der Waals surface area contributed by atoms with Gasteiger partial charge in [-0.1, -0.05) is 19.1 Å². The van der Waals surface area contributed by atoms with Crippen molar-refractivity contribution in [1.29, 1.82) is 0 Å². The third kappa shape index (κ3) is 2.18. The van der Waals surface area contributed by atoms with Crippen LogP contribution >= 0.6 is 0 Å². The fraction of sp³-hybridized carbons (Fsp3) is 0.462. The first kappa shape index (κ1) is 12.1. The zero-order valence-electron chi connectivity index (χ0n) is 10.1. The first-order valence-corrected chi connectivity index (χ1v) is 6.07. The fourth-order valence-electron chi connectivity index (χ4n) is 2.20. The van der Waals surface area contributed by atoms with E-state index < -0.39 is 0 Å². The molecule has 0 aliphatic carbocycles. The second kappa shape index (κ2) is 5.29. The van der Waals surface area contributed by atoms with Crippen LogP contribution in [0, 0.1) is 0 Å². The highest BCUT2D eigenvalue weighted by Gasteiger charge is 2.17. The van der Waals surface area contributed by atoms with E-state index in [-0.39, 0.29) is 12.5 Å². The molecule has 92 valence electrons. The smallest absolute Gasteiger partial charge is 0.114 e. The molecule has 0 saturated heterocycles. The molecule has 0 radical (unpaired) electrons. The number of fused-ring (bicyclic) bond motifs is 1. The van der Waals surface area contributed by atoms with Crippen molar-refractivity contribution >= 4 is 11.0 Å². The lowest BCUT2D eigenvalue weighted by Crippen LogP contribution is -2.17. The predicted molar refractivity (Wildman–Crippen MR) is 68.9 cm³/mol.